The third kappa shape index (κ3) is 5.38. The molecular weight excluding hydrogens is 328 g/mol. The van der Waals surface area contributed by atoms with Gasteiger partial charge in [0.1, 0.15) is 12.0 Å². The highest BCUT2D eigenvalue weighted by molar-refractivity contribution is 6.09. The molecule has 26 heavy (non-hydrogen) atoms. The Morgan fingerprint density at radius 2 is 1.54 bits per heavy atom. The molecule has 4 heteroatoms. The lowest BCUT2D eigenvalue weighted by atomic mass is 9.92. The Morgan fingerprint density at radius 1 is 0.923 bits per heavy atom. The number of benzene rings is 2. The van der Waals surface area contributed by atoms with E-state index in [1.54, 1.807) is 64.1 Å². The first-order valence-corrected chi connectivity index (χ1v) is 8.61. The van der Waals surface area contributed by atoms with Crippen LogP contribution in [0, 0.1) is 0 Å². The van der Waals surface area contributed by atoms with Gasteiger partial charge in [-0.15, -0.1) is 0 Å². The topological polar surface area (TPSA) is 60.4 Å². The van der Waals surface area contributed by atoms with Crippen molar-refractivity contribution in [3.8, 4) is 0 Å². The molecule has 0 spiro atoms. The summed E-state index contributed by atoms with van der Waals surface area (Å²) in [4.78, 5) is 36.8. The summed E-state index contributed by atoms with van der Waals surface area (Å²) >= 11 is 0. The van der Waals surface area contributed by atoms with Crippen molar-refractivity contribution in [3.63, 3.8) is 0 Å². The van der Waals surface area contributed by atoms with Gasteiger partial charge in [-0.1, -0.05) is 55.5 Å². The van der Waals surface area contributed by atoms with Gasteiger partial charge in [0.15, 0.2) is 11.6 Å². The van der Waals surface area contributed by atoms with E-state index in [0.717, 1.165) is 0 Å². The smallest absolute Gasteiger partial charge is 0.313 e. The molecule has 0 aliphatic carbocycles. The van der Waals surface area contributed by atoms with Crippen molar-refractivity contribution < 1.29 is 19.1 Å². The van der Waals surface area contributed by atoms with Crippen LogP contribution in [0.5, 0.6) is 0 Å². The van der Waals surface area contributed by atoms with Gasteiger partial charge in [-0.25, -0.2) is 0 Å². The van der Waals surface area contributed by atoms with Crippen LogP contribution in [0.2, 0.25) is 0 Å². The van der Waals surface area contributed by atoms with E-state index in [2.05, 4.69) is 0 Å². The summed E-state index contributed by atoms with van der Waals surface area (Å²) < 4.78 is 5.20. The van der Waals surface area contributed by atoms with E-state index in [4.69, 9.17) is 4.74 Å². The molecule has 2 aromatic rings. The van der Waals surface area contributed by atoms with Crippen molar-refractivity contribution in [2.45, 2.75) is 45.6 Å². The van der Waals surface area contributed by atoms with Crippen LogP contribution in [-0.4, -0.2) is 23.1 Å². The molecule has 0 radical (unpaired) electrons. The number of ketones is 2. The summed E-state index contributed by atoms with van der Waals surface area (Å²) in [5, 5.41) is 0. The van der Waals surface area contributed by atoms with Crippen molar-refractivity contribution in [1.82, 2.24) is 0 Å². The number of esters is 1. The van der Waals surface area contributed by atoms with E-state index < -0.39 is 17.5 Å². The lowest BCUT2D eigenvalue weighted by Crippen LogP contribution is -2.26. The van der Waals surface area contributed by atoms with Gasteiger partial charge in [0.25, 0.3) is 0 Å². The molecule has 0 bridgehead atoms. The predicted octanol–water partition coefficient (Wildman–Crippen LogP) is 4.32. The molecule has 0 fully saturated rings. The van der Waals surface area contributed by atoms with Crippen molar-refractivity contribution in [2.75, 3.05) is 0 Å². The van der Waals surface area contributed by atoms with Crippen LogP contribution >= 0.6 is 0 Å². The monoisotopic (exact) mass is 352 g/mol. The molecular formula is C22H24O4. The van der Waals surface area contributed by atoms with E-state index in [9.17, 15) is 14.4 Å². The zero-order valence-electron chi connectivity index (χ0n) is 15.6. The Bertz CT molecular complexity index is 800. The molecule has 0 amide bonds. The molecule has 4 nitrogen and oxygen atoms in total. The highest BCUT2D eigenvalue weighted by Crippen LogP contribution is 2.21. The molecule has 2 rings (SSSR count). The highest BCUT2D eigenvalue weighted by Gasteiger charge is 2.23. The Hall–Kier alpha value is -2.75. The first kappa shape index (κ1) is 19.6. The normalized spacial score (nSPS) is 12.3. The number of hydrogen-bond donors (Lipinski definition) is 0. The first-order chi connectivity index (χ1) is 12.2. The van der Waals surface area contributed by atoms with Crippen LogP contribution < -0.4 is 0 Å². The van der Waals surface area contributed by atoms with Crippen LogP contribution in [0.25, 0.3) is 0 Å². The zero-order chi connectivity index (χ0) is 19.3. The van der Waals surface area contributed by atoms with Gasteiger partial charge in [-0.3, -0.25) is 14.4 Å². The molecule has 1 atom stereocenters. The molecule has 0 heterocycles. The minimum Gasteiger partial charge on any atom is -0.460 e. The quantitative estimate of drug-likeness (QED) is 0.441. The first-order valence-electron chi connectivity index (χ1n) is 8.61. The van der Waals surface area contributed by atoms with Crippen molar-refractivity contribution in [3.05, 3.63) is 71.3 Å². The minimum absolute atomic E-state index is 0.0979. The van der Waals surface area contributed by atoms with Crippen LogP contribution in [-0.2, 0) is 14.3 Å². The molecule has 0 aromatic heterocycles. The van der Waals surface area contributed by atoms with Gasteiger partial charge >= 0.3 is 5.97 Å². The maximum Gasteiger partial charge on any atom is 0.313 e. The number of rotatable bonds is 6. The third-order valence-electron chi connectivity index (χ3n) is 3.91. The summed E-state index contributed by atoms with van der Waals surface area (Å²) in [6.45, 7) is 7.02. The third-order valence-corrected chi connectivity index (χ3v) is 3.91. The second-order valence-corrected chi connectivity index (χ2v) is 7.27. The van der Waals surface area contributed by atoms with Crippen molar-refractivity contribution >= 4 is 17.5 Å². The fraction of sp³-hybridized carbons (Fsp3) is 0.318. The summed E-state index contributed by atoms with van der Waals surface area (Å²) in [7, 11) is 0. The number of carbonyl (C=O) groups excluding carboxylic acids is 3. The summed E-state index contributed by atoms with van der Waals surface area (Å²) in [6.07, 6.45) is -0.282. The molecule has 0 aliphatic rings. The predicted molar refractivity (Wildman–Crippen MR) is 100 cm³/mol. The van der Waals surface area contributed by atoms with Gasteiger partial charge < -0.3 is 4.74 Å². The number of Topliss-reactive ketones (excluding diaryl/α,β-unsaturated/α-hetero) is 1. The molecule has 136 valence electrons. The largest absolute Gasteiger partial charge is 0.460 e. The lowest BCUT2D eigenvalue weighted by Gasteiger charge is -2.20. The van der Waals surface area contributed by atoms with E-state index >= 15 is 0 Å². The standard InChI is InChI=1S/C22H24O4/c1-15(19(23)14-20(24)26-22(2,3)4)17-11-8-12-18(13-17)21(25)16-9-6-5-7-10-16/h5-13,15H,14H2,1-4H3. The SMILES string of the molecule is CC(C(=O)CC(=O)OC(C)(C)C)c1cccc(C(=O)c2ccccc2)c1. The van der Waals surface area contributed by atoms with Gasteiger partial charge in [-0.2, -0.15) is 0 Å². The average molecular weight is 352 g/mol. The Morgan fingerprint density at radius 3 is 2.15 bits per heavy atom. The lowest BCUT2D eigenvalue weighted by molar-refractivity contribution is -0.156. The van der Waals surface area contributed by atoms with Crippen LogP contribution in [0.3, 0.4) is 0 Å². The van der Waals surface area contributed by atoms with E-state index in [0.29, 0.717) is 16.7 Å². The number of ether oxygens (including phenoxy) is 1. The van der Waals surface area contributed by atoms with Crippen LogP contribution in [0.4, 0.5) is 0 Å². The number of hydrogen-bond acceptors (Lipinski definition) is 4. The van der Waals surface area contributed by atoms with Crippen molar-refractivity contribution in [2.24, 2.45) is 0 Å². The Labute approximate surface area is 154 Å². The van der Waals surface area contributed by atoms with E-state index in [1.165, 1.54) is 0 Å². The molecule has 1 unspecified atom stereocenters. The maximum atomic E-state index is 12.6. The average Bonchev–Trinajstić information content (AvgIpc) is 2.59. The molecule has 2 aromatic carbocycles. The molecule has 0 aliphatic heterocycles. The second-order valence-electron chi connectivity index (χ2n) is 7.27. The highest BCUT2D eigenvalue weighted by atomic mass is 16.6. The van der Waals surface area contributed by atoms with E-state index in [1.807, 2.05) is 18.2 Å². The van der Waals surface area contributed by atoms with E-state index in [-0.39, 0.29) is 18.0 Å². The van der Waals surface area contributed by atoms with Gasteiger partial charge in [0.2, 0.25) is 0 Å². The van der Waals surface area contributed by atoms with Crippen molar-refractivity contribution in [1.29, 1.82) is 0 Å². The Balaban J connectivity index is 2.12. The second kappa shape index (κ2) is 8.09. The fourth-order valence-corrected chi connectivity index (χ4v) is 2.56. The summed E-state index contributed by atoms with van der Waals surface area (Å²) in [5.41, 5.74) is 1.20. The maximum absolute atomic E-state index is 12.6. The molecule has 0 N–H and O–H groups in total. The molecule has 0 saturated carbocycles. The van der Waals surface area contributed by atoms with Crippen LogP contribution in [0.15, 0.2) is 54.6 Å². The Kier molecular flexibility index (Phi) is 6.09. The van der Waals surface area contributed by atoms with Crippen LogP contribution in [0.1, 0.15) is 61.5 Å². The van der Waals surface area contributed by atoms with Gasteiger partial charge in [-0.05, 0) is 32.4 Å². The number of carbonyl (C=O) groups is 3. The zero-order valence-corrected chi connectivity index (χ0v) is 15.6. The fourth-order valence-electron chi connectivity index (χ4n) is 2.56. The minimum atomic E-state index is -0.622. The summed E-state index contributed by atoms with van der Waals surface area (Å²) in [6, 6.07) is 16.0. The van der Waals surface area contributed by atoms with Gasteiger partial charge in [0.05, 0.1) is 0 Å². The summed E-state index contributed by atoms with van der Waals surface area (Å²) in [5.74, 6) is -1.36. The molecule has 0 saturated heterocycles. The van der Waals surface area contributed by atoms with Gasteiger partial charge in [0, 0.05) is 17.0 Å².